The van der Waals surface area contributed by atoms with Crippen molar-refractivity contribution in [3.05, 3.63) is 54.6 Å². The topological polar surface area (TPSA) is 46.9 Å². The van der Waals surface area contributed by atoms with E-state index in [4.69, 9.17) is 0 Å². The summed E-state index contributed by atoms with van der Waals surface area (Å²) in [5.74, 6) is -0.132. The Morgan fingerprint density at radius 2 is 2.06 bits per heavy atom. The zero-order chi connectivity index (χ0) is 11.2. The minimum atomic E-state index is -0.132. The predicted octanol–water partition coefficient (Wildman–Crippen LogP) is 1.31. The van der Waals surface area contributed by atoms with Crippen LogP contribution in [0.5, 0.6) is 0 Å². The van der Waals surface area contributed by atoms with E-state index in [-0.39, 0.29) is 5.91 Å². The van der Waals surface area contributed by atoms with Gasteiger partial charge in [-0.15, -0.1) is 0 Å². The normalized spacial score (nSPS) is 10.0. The van der Waals surface area contributed by atoms with Crippen molar-refractivity contribution in [2.75, 3.05) is 6.54 Å². The standard InChI is InChI=1S/C12H13N3O/c16-12(11-5-1-2-6-13-11)14-7-10-15-8-3-4-9-15/h1-6,8-9H,7,10H2,(H,14,16). The Hall–Kier alpha value is -2.10. The Kier molecular flexibility index (Phi) is 3.33. The molecule has 0 atom stereocenters. The molecule has 0 aliphatic carbocycles. The highest BCUT2D eigenvalue weighted by atomic mass is 16.1. The summed E-state index contributed by atoms with van der Waals surface area (Å²) in [4.78, 5) is 15.6. The minimum absolute atomic E-state index is 0.132. The lowest BCUT2D eigenvalue weighted by Crippen LogP contribution is -2.27. The average Bonchev–Trinajstić information content (AvgIpc) is 2.83. The minimum Gasteiger partial charge on any atom is -0.353 e. The van der Waals surface area contributed by atoms with Gasteiger partial charge in [-0.2, -0.15) is 0 Å². The molecule has 0 saturated carbocycles. The Balaban J connectivity index is 1.81. The van der Waals surface area contributed by atoms with Crippen LogP contribution in [0.4, 0.5) is 0 Å². The van der Waals surface area contributed by atoms with E-state index in [0.717, 1.165) is 6.54 Å². The van der Waals surface area contributed by atoms with Crippen molar-refractivity contribution in [3.8, 4) is 0 Å². The highest BCUT2D eigenvalue weighted by Crippen LogP contribution is 1.93. The summed E-state index contributed by atoms with van der Waals surface area (Å²) in [7, 11) is 0. The van der Waals surface area contributed by atoms with E-state index in [1.807, 2.05) is 29.1 Å². The van der Waals surface area contributed by atoms with Crippen LogP contribution in [0.3, 0.4) is 0 Å². The van der Waals surface area contributed by atoms with Crippen molar-refractivity contribution < 1.29 is 4.79 Å². The number of nitrogens with one attached hydrogen (secondary N) is 1. The molecule has 1 amide bonds. The number of rotatable bonds is 4. The van der Waals surface area contributed by atoms with Crippen molar-refractivity contribution in [1.29, 1.82) is 0 Å². The molecule has 2 heterocycles. The molecule has 2 rings (SSSR count). The van der Waals surface area contributed by atoms with Gasteiger partial charge in [-0.25, -0.2) is 0 Å². The average molecular weight is 215 g/mol. The summed E-state index contributed by atoms with van der Waals surface area (Å²) in [5, 5.41) is 2.81. The second kappa shape index (κ2) is 5.11. The number of nitrogens with zero attached hydrogens (tertiary/aromatic N) is 2. The quantitative estimate of drug-likeness (QED) is 0.836. The first-order chi connectivity index (χ1) is 7.86. The molecule has 82 valence electrons. The fraction of sp³-hybridized carbons (Fsp3) is 0.167. The van der Waals surface area contributed by atoms with E-state index in [1.165, 1.54) is 0 Å². The molecule has 0 saturated heterocycles. The molecule has 0 bridgehead atoms. The molecule has 0 aromatic carbocycles. The maximum absolute atomic E-state index is 11.6. The monoisotopic (exact) mass is 215 g/mol. The van der Waals surface area contributed by atoms with E-state index in [2.05, 4.69) is 10.3 Å². The number of carbonyl (C=O) groups excluding carboxylic acids is 1. The first-order valence-electron chi connectivity index (χ1n) is 5.16. The summed E-state index contributed by atoms with van der Waals surface area (Å²) in [6.07, 6.45) is 5.54. The van der Waals surface area contributed by atoms with Gasteiger partial charge < -0.3 is 9.88 Å². The Morgan fingerprint density at radius 3 is 2.75 bits per heavy atom. The predicted molar refractivity (Wildman–Crippen MR) is 61.0 cm³/mol. The van der Waals surface area contributed by atoms with Gasteiger partial charge in [0.2, 0.25) is 0 Å². The summed E-state index contributed by atoms with van der Waals surface area (Å²) < 4.78 is 2.01. The summed E-state index contributed by atoms with van der Waals surface area (Å²) in [6, 6.07) is 9.20. The number of carbonyl (C=O) groups is 1. The largest absolute Gasteiger partial charge is 0.353 e. The van der Waals surface area contributed by atoms with Gasteiger partial charge in [0.15, 0.2) is 0 Å². The van der Waals surface area contributed by atoms with E-state index in [1.54, 1.807) is 24.4 Å². The van der Waals surface area contributed by atoms with E-state index >= 15 is 0 Å². The lowest BCUT2D eigenvalue weighted by Gasteiger charge is -2.05. The molecule has 2 aromatic rings. The first-order valence-corrected chi connectivity index (χ1v) is 5.16. The fourth-order valence-corrected chi connectivity index (χ4v) is 1.41. The Labute approximate surface area is 93.9 Å². The summed E-state index contributed by atoms with van der Waals surface area (Å²) in [6.45, 7) is 1.37. The highest BCUT2D eigenvalue weighted by Gasteiger charge is 2.04. The Morgan fingerprint density at radius 1 is 1.25 bits per heavy atom. The molecular formula is C12H13N3O. The highest BCUT2D eigenvalue weighted by molar-refractivity contribution is 5.92. The lowest BCUT2D eigenvalue weighted by molar-refractivity contribution is 0.0947. The third kappa shape index (κ3) is 2.70. The van der Waals surface area contributed by atoms with E-state index in [0.29, 0.717) is 12.2 Å². The third-order valence-corrected chi connectivity index (χ3v) is 2.22. The van der Waals surface area contributed by atoms with Crippen molar-refractivity contribution in [2.24, 2.45) is 0 Å². The first kappa shape index (κ1) is 10.4. The number of hydrogen-bond acceptors (Lipinski definition) is 2. The molecule has 16 heavy (non-hydrogen) atoms. The molecule has 1 N–H and O–H groups in total. The van der Waals surface area contributed by atoms with Gasteiger partial charge in [0.1, 0.15) is 5.69 Å². The maximum atomic E-state index is 11.6. The van der Waals surface area contributed by atoms with Gasteiger partial charge in [0.05, 0.1) is 0 Å². The van der Waals surface area contributed by atoms with E-state index < -0.39 is 0 Å². The Bertz CT molecular complexity index is 437. The molecule has 4 nitrogen and oxygen atoms in total. The van der Waals surface area contributed by atoms with Crippen LogP contribution in [-0.4, -0.2) is 22.0 Å². The molecule has 2 aromatic heterocycles. The van der Waals surface area contributed by atoms with Gasteiger partial charge in [-0.3, -0.25) is 9.78 Å². The molecule has 0 aliphatic heterocycles. The maximum Gasteiger partial charge on any atom is 0.269 e. The number of aromatic nitrogens is 2. The van der Waals surface area contributed by atoms with Crippen molar-refractivity contribution >= 4 is 5.91 Å². The van der Waals surface area contributed by atoms with Gasteiger partial charge in [-0.1, -0.05) is 6.07 Å². The van der Waals surface area contributed by atoms with Crippen molar-refractivity contribution in [2.45, 2.75) is 6.54 Å². The van der Waals surface area contributed by atoms with Gasteiger partial charge in [0, 0.05) is 31.7 Å². The van der Waals surface area contributed by atoms with Crippen molar-refractivity contribution in [3.63, 3.8) is 0 Å². The van der Waals surface area contributed by atoms with Gasteiger partial charge in [0.25, 0.3) is 5.91 Å². The van der Waals surface area contributed by atoms with Crippen LogP contribution < -0.4 is 5.32 Å². The second-order valence-electron chi connectivity index (χ2n) is 3.39. The second-order valence-corrected chi connectivity index (χ2v) is 3.39. The van der Waals surface area contributed by atoms with Crippen LogP contribution in [0.15, 0.2) is 48.9 Å². The number of hydrogen-bond donors (Lipinski definition) is 1. The fourth-order valence-electron chi connectivity index (χ4n) is 1.41. The molecule has 0 unspecified atom stereocenters. The lowest BCUT2D eigenvalue weighted by atomic mass is 10.3. The molecular weight excluding hydrogens is 202 g/mol. The molecule has 0 radical (unpaired) electrons. The molecule has 4 heteroatoms. The number of pyridine rings is 1. The SMILES string of the molecule is O=C(NCCn1cccc1)c1ccccn1. The van der Waals surface area contributed by atoms with E-state index in [9.17, 15) is 4.79 Å². The van der Waals surface area contributed by atoms with Gasteiger partial charge >= 0.3 is 0 Å². The molecule has 0 fully saturated rings. The van der Waals surface area contributed by atoms with Crippen LogP contribution in [0.1, 0.15) is 10.5 Å². The van der Waals surface area contributed by atoms with Crippen LogP contribution >= 0.6 is 0 Å². The zero-order valence-electron chi connectivity index (χ0n) is 8.84. The van der Waals surface area contributed by atoms with Crippen molar-refractivity contribution in [1.82, 2.24) is 14.9 Å². The van der Waals surface area contributed by atoms with Crippen LogP contribution in [0.2, 0.25) is 0 Å². The molecule has 0 spiro atoms. The summed E-state index contributed by atoms with van der Waals surface area (Å²) >= 11 is 0. The number of amides is 1. The molecule has 0 aliphatic rings. The van der Waals surface area contributed by atoms with Gasteiger partial charge in [-0.05, 0) is 24.3 Å². The third-order valence-electron chi connectivity index (χ3n) is 2.22. The smallest absolute Gasteiger partial charge is 0.269 e. The van der Waals surface area contributed by atoms with Crippen LogP contribution in [-0.2, 0) is 6.54 Å². The van der Waals surface area contributed by atoms with Crippen LogP contribution in [0, 0.1) is 0 Å². The summed E-state index contributed by atoms with van der Waals surface area (Å²) in [5.41, 5.74) is 0.454. The zero-order valence-corrected chi connectivity index (χ0v) is 8.84. The van der Waals surface area contributed by atoms with Crippen LogP contribution in [0.25, 0.3) is 0 Å².